The summed E-state index contributed by atoms with van der Waals surface area (Å²) in [7, 11) is 0. The third-order valence-corrected chi connectivity index (χ3v) is 5.34. The molecular weight excluding hydrogens is 312 g/mol. The van der Waals surface area contributed by atoms with Crippen molar-refractivity contribution in [1.29, 1.82) is 0 Å². The van der Waals surface area contributed by atoms with Crippen LogP contribution >= 0.6 is 0 Å². The molecule has 2 aromatic rings. The van der Waals surface area contributed by atoms with Crippen LogP contribution in [0.2, 0.25) is 0 Å². The minimum atomic E-state index is -0.250. The van der Waals surface area contributed by atoms with Crippen molar-refractivity contribution in [2.45, 2.75) is 38.3 Å². The first kappa shape index (κ1) is 16.2. The van der Waals surface area contributed by atoms with E-state index in [9.17, 15) is 4.79 Å². The maximum Gasteiger partial charge on any atom is 0.344 e. The lowest BCUT2D eigenvalue weighted by Gasteiger charge is -2.16. The van der Waals surface area contributed by atoms with E-state index in [2.05, 4.69) is 43.4 Å². The van der Waals surface area contributed by atoms with E-state index in [1.54, 1.807) is 0 Å². The van der Waals surface area contributed by atoms with Crippen LogP contribution in [0, 0.1) is 5.92 Å². The molecule has 4 rings (SSSR count). The Morgan fingerprint density at radius 2 is 1.80 bits per heavy atom. The van der Waals surface area contributed by atoms with Gasteiger partial charge in [-0.2, -0.15) is 5.06 Å². The highest BCUT2D eigenvalue weighted by Gasteiger charge is 2.43. The molecule has 1 aliphatic carbocycles. The summed E-state index contributed by atoms with van der Waals surface area (Å²) in [5.41, 5.74) is 3.83. The number of benzene rings is 2. The minimum Gasteiger partial charge on any atom is -0.335 e. The van der Waals surface area contributed by atoms with Gasteiger partial charge >= 0.3 is 6.03 Å². The van der Waals surface area contributed by atoms with Crippen molar-refractivity contribution in [3.63, 3.8) is 0 Å². The molecule has 1 saturated heterocycles. The zero-order valence-corrected chi connectivity index (χ0v) is 14.7. The Morgan fingerprint density at radius 3 is 2.52 bits per heavy atom. The molecule has 1 aliphatic heterocycles. The average Bonchev–Trinajstić information content (AvgIpc) is 3.35. The zero-order valence-electron chi connectivity index (χ0n) is 14.7. The Kier molecular flexibility index (Phi) is 4.22. The van der Waals surface area contributed by atoms with Gasteiger partial charge in [0.25, 0.3) is 0 Å². The third kappa shape index (κ3) is 3.14. The van der Waals surface area contributed by atoms with Gasteiger partial charge in [-0.3, -0.25) is 0 Å². The number of hydrogen-bond acceptors (Lipinski definition) is 2. The Morgan fingerprint density at radius 1 is 1.12 bits per heavy atom. The van der Waals surface area contributed by atoms with Crippen LogP contribution in [0.3, 0.4) is 0 Å². The van der Waals surface area contributed by atoms with E-state index < -0.39 is 0 Å². The van der Waals surface area contributed by atoms with Crippen LogP contribution < -0.4 is 5.32 Å². The normalized spacial score (nSPS) is 24.3. The van der Waals surface area contributed by atoms with Gasteiger partial charge < -0.3 is 5.32 Å². The largest absolute Gasteiger partial charge is 0.344 e. The molecule has 0 radical (unpaired) electrons. The van der Waals surface area contributed by atoms with E-state index in [0.717, 1.165) is 12.0 Å². The van der Waals surface area contributed by atoms with Crippen LogP contribution in [0.25, 0.3) is 0 Å². The minimum absolute atomic E-state index is 0.153. The van der Waals surface area contributed by atoms with Crippen molar-refractivity contribution in [2.24, 2.45) is 5.92 Å². The monoisotopic (exact) mass is 336 g/mol. The van der Waals surface area contributed by atoms with E-state index in [1.165, 1.54) is 16.2 Å². The number of carbonyl (C=O) groups excluding carboxylic acids is 1. The molecular formula is C21H24N2O2. The molecule has 2 amide bonds. The van der Waals surface area contributed by atoms with E-state index in [4.69, 9.17) is 4.84 Å². The molecule has 25 heavy (non-hydrogen) atoms. The fraction of sp³-hybridized carbons (Fsp3) is 0.381. The lowest BCUT2D eigenvalue weighted by Crippen LogP contribution is -2.31. The fourth-order valence-corrected chi connectivity index (χ4v) is 3.94. The number of fused-ring (bicyclic) bond motifs is 1. The molecule has 3 atom stereocenters. The lowest BCUT2D eigenvalue weighted by atomic mass is 9.90. The predicted octanol–water partition coefficient (Wildman–Crippen LogP) is 4.57. The predicted molar refractivity (Wildman–Crippen MR) is 96.9 cm³/mol. The summed E-state index contributed by atoms with van der Waals surface area (Å²) in [6.45, 7) is 5.20. The van der Waals surface area contributed by atoms with Gasteiger partial charge in [0.1, 0.15) is 0 Å². The van der Waals surface area contributed by atoms with Gasteiger partial charge in [-0.05, 0) is 29.4 Å². The molecule has 130 valence electrons. The van der Waals surface area contributed by atoms with Gasteiger partial charge in [-0.1, -0.05) is 68.4 Å². The second kappa shape index (κ2) is 6.52. The van der Waals surface area contributed by atoms with Crippen molar-refractivity contribution in [2.75, 3.05) is 6.54 Å². The Hall–Kier alpha value is -2.33. The highest BCUT2D eigenvalue weighted by atomic mass is 16.8. The average molecular weight is 336 g/mol. The second-order valence-corrected chi connectivity index (χ2v) is 7.29. The van der Waals surface area contributed by atoms with Crippen LogP contribution in [0.1, 0.15) is 55.0 Å². The highest BCUT2D eigenvalue weighted by Crippen LogP contribution is 2.45. The summed E-state index contributed by atoms with van der Waals surface area (Å²) in [4.78, 5) is 17.8. The molecule has 0 spiro atoms. The molecule has 2 aromatic carbocycles. The summed E-state index contributed by atoms with van der Waals surface area (Å²) in [6, 6.07) is 18.3. The molecule has 1 N–H and O–H groups in total. The number of carbonyl (C=O) groups is 1. The molecule has 2 aliphatic rings. The SMILES string of the molecule is CC(C)C1C[C@H](CNC(=O)N2OC2c2ccccc2)c2ccccc21. The topological polar surface area (TPSA) is 44.6 Å². The first-order valence-corrected chi connectivity index (χ1v) is 9.02. The molecule has 2 unspecified atom stereocenters. The van der Waals surface area contributed by atoms with Crippen molar-refractivity contribution < 1.29 is 9.63 Å². The molecule has 0 aromatic heterocycles. The number of hydroxylamine groups is 2. The molecule has 1 heterocycles. The van der Waals surface area contributed by atoms with Crippen LogP contribution in [0.5, 0.6) is 0 Å². The fourth-order valence-electron chi connectivity index (χ4n) is 3.94. The highest BCUT2D eigenvalue weighted by molar-refractivity contribution is 5.75. The molecule has 0 saturated carbocycles. The quantitative estimate of drug-likeness (QED) is 0.831. The Bertz CT molecular complexity index is 760. The first-order valence-electron chi connectivity index (χ1n) is 9.02. The van der Waals surface area contributed by atoms with Crippen LogP contribution in [0.15, 0.2) is 54.6 Å². The van der Waals surface area contributed by atoms with E-state index in [1.807, 2.05) is 30.3 Å². The molecule has 4 nitrogen and oxygen atoms in total. The van der Waals surface area contributed by atoms with Crippen molar-refractivity contribution >= 4 is 6.03 Å². The van der Waals surface area contributed by atoms with Gasteiger partial charge in [-0.15, -0.1) is 0 Å². The maximum absolute atomic E-state index is 12.4. The van der Waals surface area contributed by atoms with E-state index in [0.29, 0.717) is 24.3 Å². The van der Waals surface area contributed by atoms with Gasteiger partial charge in [0.2, 0.25) is 6.23 Å². The molecule has 0 bridgehead atoms. The van der Waals surface area contributed by atoms with Crippen molar-refractivity contribution in [1.82, 2.24) is 10.4 Å². The Balaban J connectivity index is 1.37. The number of nitrogens with one attached hydrogen (secondary N) is 1. The third-order valence-electron chi connectivity index (χ3n) is 5.34. The van der Waals surface area contributed by atoms with Crippen molar-refractivity contribution in [3.8, 4) is 0 Å². The number of rotatable bonds is 4. The first-order chi connectivity index (χ1) is 12.1. The number of nitrogens with zero attached hydrogens (tertiary/aromatic N) is 1. The summed E-state index contributed by atoms with van der Waals surface area (Å²) >= 11 is 0. The zero-order chi connectivity index (χ0) is 17.4. The van der Waals surface area contributed by atoms with Crippen molar-refractivity contribution in [3.05, 3.63) is 71.3 Å². The second-order valence-electron chi connectivity index (χ2n) is 7.29. The number of urea groups is 1. The summed E-state index contributed by atoms with van der Waals surface area (Å²) in [6.07, 6.45) is 0.848. The Labute approximate surface area is 148 Å². The summed E-state index contributed by atoms with van der Waals surface area (Å²) < 4.78 is 0. The lowest BCUT2D eigenvalue weighted by molar-refractivity contribution is 0.176. The summed E-state index contributed by atoms with van der Waals surface area (Å²) in [5.74, 6) is 1.56. The van der Waals surface area contributed by atoms with Gasteiger partial charge in [0.05, 0.1) is 0 Å². The van der Waals surface area contributed by atoms with Crippen LogP contribution in [-0.2, 0) is 4.84 Å². The van der Waals surface area contributed by atoms with Gasteiger partial charge in [-0.25, -0.2) is 9.63 Å². The van der Waals surface area contributed by atoms with Crippen LogP contribution in [0.4, 0.5) is 4.79 Å². The van der Waals surface area contributed by atoms with E-state index in [-0.39, 0.29) is 12.3 Å². The number of amides is 2. The smallest absolute Gasteiger partial charge is 0.335 e. The van der Waals surface area contributed by atoms with Gasteiger partial charge in [0.15, 0.2) is 0 Å². The molecule has 4 heteroatoms. The number of hydrogen-bond donors (Lipinski definition) is 1. The summed E-state index contributed by atoms with van der Waals surface area (Å²) in [5, 5.41) is 4.46. The molecule has 1 fully saturated rings. The van der Waals surface area contributed by atoms with E-state index >= 15 is 0 Å². The maximum atomic E-state index is 12.4. The standard InChI is InChI=1S/C21H24N2O2/c1-14(2)19-12-16(17-10-6-7-11-18(17)19)13-22-21(24)23-20(25-23)15-8-4-3-5-9-15/h3-11,14,16,19-20H,12-13H2,1-2H3,(H,22,24)/t16-,19?,20?,23?/m1/s1. The van der Waals surface area contributed by atoms with Gasteiger partial charge in [0, 0.05) is 18.0 Å². The van der Waals surface area contributed by atoms with Crippen LogP contribution in [-0.4, -0.2) is 17.6 Å².